The zero-order chi connectivity index (χ0) is 16.3. The third-order valence-electron chi connectivity index (χ3n) is 2.46. The van der Waals surface area contributed by atoms with Gasteiger partial charge in [-0.1, -0.05) is 23.2 Å². The molecule has 0 aliphatic carbocycles. The highest BCUT2D eigenvalue weighted by Crippen LogP contribution is 2.36. The summed E-state index contributed by atoms with van der Waals surface area (Å²) in [6.07, 6.45) is -4.75. The molecule has 0 aliphatic heterocycles. The number of rotatable bonds is 5. The zero-order valence-electron chi connectivity index (χ0n) is 11.1. The molecule has 0 aliphatic rings. The van der Waals surface area contributed by atoms with Gasteiger partial charge in [0, 0.05) is 13.7 Å². The van der Waals surface area contributed by atoms with E-state index in [9.17, 15) is 18.3 Å². The monoisotopic (exact) mass is 344 g/mol. The van der Waals surface area contributed by atoms with E-state index in [2.05, 4.69) is 15.0 Å². The second-order valence-corrected chi connectivity index (χ2v) is 4.73. The van der Waals surface area contributed by atoms with Crippen LogP contribution in [-0.4, -0.2) is 36.9 Å². The van der Waals surface area contributed by atoms with Gasteiger partial charge in [-0.15, -0.1) is 0 Å². The van der Waals surface area contributed by atoms with Crippen LogP contribution in [0.2, 0.25) is 10.0 Å². The van der Waals surface area contributed by atoms with E-state index >= 15 is 0 Å². The fraction of sp³-hybridized carbons (Fsp3) is 0.417. The topological polar surface area (TPSA) is 53.9 Å². The predicted octanol–water partition coefficient (Wildman–Crippen LogP) is 4.02. The van der Waals surface area contributed by atoms with Crippen LogP contribution < -0.4 is 5.32 Å². The Kier molecular flexibility index (Phi) is 5.86. The molecule has 4 nitrogen and oxygen atoms in total. The molecule has 9 heteroatoms. The number of anilines is 1. The van der Waals surface area contributed by atoms with E-state index in [-0.39, 0.29) is 28.6 Å². The lowest BCUT2D eigenvalue weighted by molar-refractivity contribution is -0.325. The van der Waals surface area contributed by atoms with E-state index < -0.39 is 12.0 Å². The Morgan fingerprint density at radius 1 is 1.33 bits per heavy atom. The second kappa shape index (κ2) is 6.83. The number of halogens is 5. The molecule has 1 aromatic carbocycles. The van der Waals surface area contributed by atoms with Crippen molar-refractivity contribution in [3.8, 4) is 0 Å². The highest BCUT2D eigenvalue weighted by atomic mass is 35.5. The maximum atomic E-state index is 12.8. The zero-order valence-corrected chi connectivity index (χ0v) is 12.6. The van der Waals surface area contributed by atoms with Gasteiger partial charge in [-0.05, 0) is 19.1 Å². The van der Waals surface area contributed by atoms with Gasteiger partial charge in [0.05, 0.1) is 27.6 Å². The lowest BCUT2D eigenvalue weighted by Crippen LogP contribution is -2.49. The first-order valence-corrected chi connectivity index (χ1v) is 6.55. The first kappa shape index (κ1) is 18.0. The fourth-order valence-corrected chi connectivity index (χ4v) is 1.73. The molecule has 0 saturated carbocycles. The Balaban J connectivity index is 3.21. The minimum atomic E-state index is -5.03. The van der Waals surface area contributed by atoms with Gasteiger partial charge < -0.3 is 15.2 Å². The Bertz CT molecular complexity index is 538. The lowest BCUT2D eigenvalue weighted by Gasteiger charge is -2.25. The molecule has 1 aromatic rings. The van der Waals surface area contributed by atoms with Crippen molar-refractivity contribution in [1.29, 1.82) is 0 Å². The van der Waals surface area contributed by atoms with Crippen molar-refractivity contribution in [2.75, 3.05) is 19.0 Å². The fourth-order valence-electron chi connectivity index (χ4n) is 1.41. The molecule has 118 valence electrons. The summed E-state index contributed by atoms with van der Waals surface area (Å²) >= 11 is 11.6. The van der Waals surface area contributed by atoms with E-state index in [1.54, 1.807) is 0 Å². The molecule has 21 heavy (non-hydrogen) atoms. The summed E-state index contributed by atoms with van der Waals surface area (Å²) in [6, 6.07) is 2.68. The van der Waals surface area contributed by atoms with Gasteiger partial charge in [-0.25, -0.2) is 0 Å². The molecule has 0 radical (unpaired) electrons. The van der Waals surface area contributed by atoms with Gasteiger partial charge in [0.1, 0.15) is 0 Å². The molecule has 0 fully saturated rings. The van der Waals surface area contributed by atoms with E-state index in [4.69, 9.17) is 23.2 Å². The average molecular weight is 345 g/mol. The summed E-state index contributed by atoms with van der Waals surface area (Å²) in [4.78, 5) is 3.61. The number of aliphatic hydroxyl groups is 1. The molecular weight excluding hydrogens is 332 g/mol. The van der Waals surface area contributed by atoms with E-state index in [1.165, 1.54) is 26.1 Å². The summed E-state index contributed by atoms with van der Waals surface area (Å²) in [6.45, 7) is 0.977. The number of hydrogen-bond acceptors (Lipinski definition) is 4. The smallest absolute Gasteiger partial charge is 0.386 e. The van der Waals surface area contributed by atoms with Crippen LogP contribution >= 0.6 is 23.2 Å². The highest BCUT2D eigenvalue weighted by Gasteiger charge is 2.54. The van der Waals surface area contributed by atoms with Crippen LogP contribution in [-0.2, 0) is 4.74 Å². The van der Waals surface area contributed by atoms with E-state index in [1.807, 2.05) is 0 Å². The van der Waals surface area contributed by atoms with Crippen LogP contribution in [0.15, 0.2) is 17.1 Å². The normalized spacial score (nSPS) is 15.2. The van der Waals surface area contributed by atoms with Gasteiger partial charge in [0.15, 0.2) is 0 Å². The maximum absolute atomic E-state index is 12.8. The molecule has 0 aromatic heterocycles. The Morgan fingerprint density at radius 3 is 2.38 bits per heavy atom. The summed E-state index contributed by atoms with van der Waals surface area (Å²) < 4.78 is 42.7. The Hall–Kier alpha value is -1.02. The number of aliphatic imine (C=N–C) groups is 1. The minimum absolute atomic E-state index is 0.0780. The first-order valence-electron chi connectivity index (χ1n) is 5.79. The predicted molar refractivity (Wildman–Crippen MR) is 76.8 cm³/mol. The maximum Gasteiger partial charge on any atom is 0.449 e. The molecule has 1 rings (SSSR count). The minimum Gasteiger partial charge on any atom is -0.386 e. The molecule has 0 bridgehead atoms. The van der Waals surface area contributed by atoms with Crippen molar-refractivity contribution in [2.45, 2.75) is 18.9 Å². The lowest BCUT2D eigenvalue weighted by atomic mass is 10.2. The van der Waals surface area contributed by atoms with Crippen LogP contribution in [0.1, 0.15) is 6.92 Å². The Labute approximate surface area is 129 Å². The molecule has 0 heterocycles. The Morgan fingerprint density at radius 2 is 1.90 bits per heavy atom. The molecule has 0 saturated heterocycles. The number of nitrogens with zero attached hydrogens (tertiary/aromatic N) is 1. The van der Waals surface area contributed by atoms with Crippen LogP contribution in [0.3, 0.4) is 0 Å². The van der Waals surface area contributed by atoms with Gasteiger partial charge in [0.25, 0.3) is 0 Å². The summed E-state index contributed by atoms with van der Waals surface area (Å²) in [7, 11) is 1.54. The summed E-state index contributed by atoms with van der Waals surface area (Å²) in [5, 5.41) is 12.6. The largest absolute Gasteiger partial charge is 0.449 e. The van der Waals surface area contributed by atoms with Crippen molar-refractivity contribution in [1.82, 2.24) is 0 Å². The summed E-state index contributed by atoms with van der Waals surface area (Å²) in [5.74, 6) is -3.47. The van der Waals surface area contributed by atoms with Crippen molar-refractivity contribution < 1.29 is 23.0 Å². The molecule has 0 spiro atoms. The third-order valence-corrected chi connectivity index (χ3v) is 3.18. The molecule has 1 atom stereocenters. The number of ether oxygens (including phenoxy) is 1. The van der Waals surface area contributed by atoms with Crippen LogP contribution in [0.4, 0.5) is 24.5 Å². The van der Waals surface area contributed by atoms with Crippen molar-refractivity contribution in [3.05, 3.63) is 22.2 Å². The average Bonchev–Trinajstić information content (AvgIpc) is 2.38. The highest BCUT2D eigenvalue weighted by molar-refractivity contribution is 6.42. The van der Waals surface area contributed by atoms with E-state index in [0.717, 1.165) is 0 Å². The molecule has 0 amide bonds. The number of benzene rings is 1. The van der Waals surface area contributed by atoms with Gasteiger partial charge in [0.2, 0.25) is 0 Å². The van der Waals surface area contributed by atoms with Gasteiger partial charge in [-0.2, -0.15) is 13.2 Å². The number of nitrogens with one attached hydrogen (secondary N) is 1. The quantitative estimate of drug-likeness (QED) is 0.626. The van der Waals surface area contributed by atoms with E-state index in [0.29, 0.717) is 5.69 Å². The number of hydrogen-bond donors (Lipinski definition) is 2. The second-order valence-electron chi connectivity index (χ2n) is 3.92. The SMILES string of the molecule is CCOC(O)(C=Nc1cc(Cl)c(Cl)cc1NC)C(F)(F)F. The van der Waals surface area contributed by atoms with Crippen molar-refractivity contribution in [3.63, 3.8) is 0 Å². The van der Waals surface area contributed by atoms with Gasteiger partial charge in [-0.3, -0.25) is 4.99 Å². The van der Waals surface area contributed by atoms with Crippen molar-refractivity contribution in [2.24, 2.45) is 4.99 Å². The molecular formula is C12H13Cl2F3N2O2. The number of alkyl halides is 3. The van der Waals surface area contributed by atoms with Crippen LogP contribution in [0.25, 0.3) is 0 Å². The molecule has 1 unspecified atom stereocenters. The molecule has 2 N–H and O–H groups in total. The standard InChI is InChI=1S/C12H13Cl2F3N2O2/c1-3-21-11(20,12(15,16)17)6-19-10-5-8(14)7(13)4-9(10)18-2/h4-6,18,20H,3H2,1-2H3. The van der Waals surface area contributed by atoms with Crippen LogP contribution in [0.5, 0.6) is 0 Å². The van der Waals surface area contributed by atoms with Crippen LogP contribution in [0, 0.1) is 0 Å². The third kappa shape index (κ3) is 4.23. The first-order chi connectivity index (χ1) is 9.64. The van der Waals surface area contributed by atoms with Crippen molar-refractivity contribution >= 4 is 40.8 Å². The summed E-state index contributed by atoms with van der Waals surface area (Å²) in [5.41, 5.74) is 0.427. The van der Waals surface area contributed by atoms with Gasteiger partial charge >= 0.3 is 12.0 Å².